The summed E-state index contributed by atoms with van der Waals surface area (Å²) in [5.41, 5.74) is 1.90. The third-order valence-electron chi connectivity index (χ3n) is 2.21. The molecule has 0 heterocycles. The molecule has 15 heavy (non-hydrogen) atoms. The number of benzene rings is 1. The van der Waals surface area contributed by atoms with Crippen LogP contribution in [0.3, 0.4) is 0 Å². The van der Waals surface area contributed by atoms with Gasteiger partial charge in [-0.3, -0.25) is 0 Å². The lowest BCUT2D eigenvalue weighted by molar-refractivity contribution is 0.164. The van der Waals surface area contributed by atoms with Gasteiger partial charge in [0.05, 0.1) is 0 Å². The van der Waals surface area contributed by atoms with Gasteiger partial charge in [0.1, 0.15) is 6.10 Å². The fraction of sp³-hybridized carbons (Fsp3) is 0.308. The maximum absolute atomic E-state index is 9.70. The van der Waals surface area contributed by atoms with E-state index in [-0.39, 0.29) is 6.42 Å². The summed E-state index contributed by atoms with van der Waals surface area (Å²) in [6.45, 7) is 9.03. The van der Waals surface area contributed by atoms with Crippen molar-refractivity contribution in [3.8, 4) is 12.3 Å². The highest BCUT2D eigenvalue weighted by molar-refractivity contribution is 5.28. The molecule has 2 nitrogen and oxygen atoms in total. The summed E-state index contributed by atoms with van der Waals surface area (Å²) >= 11 is 0. The number of terminal acetylenes is 1. The van der Waals surface area contributed by atoms with Gasteiger partial charge in [-0.1, -0.05) is 23.8 Å². The van der Waals surface area contributed by atoms with E-state index in [0.717, 1.165) is 11.1 Å². The molecule has 0 aliphatic rings. The topological polar surface area (TPSA) is 24.6 Å². The maximum atomic E-state index is 9.70. The lowest BCUT2D eigenvalue weighted by Crippen LogP contribution is -2.14. The standard InChI is InChI=1S/C13H13NO/c1-4-6-12(15)13(14-3)11-8-5-7-10(2)9-11/h1,5,7-9,12-13,15H,6H2,2H3. The molecule has 0 spiro atoms. The molecule has 2 heteroatoms. The van der Waals surface area contributed by atoms with Crippen molar-refractivity contribution in [3.05, 3.63) is 46.8 Å². The summed E-state index contributed by atoms with van der Waals surface area (Å²) in [5.74, 6) is 2.37. The van der Waals surface area contributed by atoms with Crippen LogP contribution in [0, 0.1) is 25.8 Å². The monoisotopic (exact) mass is 199 g/mol. The lowest BCUT2D eigenvalue weighted by atomic mass is 9.99. The van der Waals surface area contributed by atoms with Crippen LogP contribution in [0.1, 0.15) is 23.6 Å². The number of hydrogen-bond acceptors (Lipinski definition) is 1. The van der Waals surface area contributed by atoms with Crippen molar-refractivity contribution in [2.75, 3.05) is 0 Å². The predicted octanol–water partition coefficient (Wildman–Crippen LogP) is 2.34. The zero-order chi connectivity index (χ0) is 11.3. The molecule has 1 aromatic carbocycles. The highest BCUT2D eigenvalue weighted by Gasteiger charge is 2.25. The first-order valence-corrected chi connectivity index (χ1v) is 4.73. The molecule has 0 amide bonds. The quantitative estimate of drug-likeness (QED) is 0.586. The fourth-order valence-corrected chi connectivity index (χ4v) is 1.47. The van der Waals surface area contributed by atoms with Crippen LogP contribution in [0.4, 0.5) is 0 Å². The number of hydrogen-bond donors (Lipinski definition) is 1. The third-order valence-corrected chi connectivity index (χ3v) is 2.21. The Balaban J connectivity index is 2.94. The summed E-state index contributed by atoms with van der Waals surface area (Å²) in [7, 11) is 0. The van der Waals surface area contributed by atoms with Crippen LogP contribution in [0.15, 0.2) is 24.3 Å². The maximum Gasteiger partial charge on any atom is 0.275 e. The van der Waals surface area contributed by atoms with Gasteiger partial charge in [-0.2, -0.15) is 0 Å². The number of aryl methyl sites for hydroxylation is 1. The van der Waals surface area contributed by atoms with Crippen molar-refractivity contribution in [2.45, 2.75) is 25.5 Å². The van der Waals surface area contributed by atoms with E-state index in [1.807, 2.05) is 31.2 Å². The minimum atomic E-state index is -0.783. The molecule has 0 saturated heterocycles. The second kappa shape index (κ2) is 5.20. The molecule has 0 fully saturated rings. The van der Waals surface area contributed by atoms with Gasteiger partial charge in [0.2, 0.25) is 0 Å². The normalized spacial score (nSPS) is 13.6. The first kappa shape index (κ1) is 11.3. The van der Waals surface area contributed by atoms with Crippen molar-refractivity contribution in [2.24, 2.45) is 0 Å². The SMILES string of the molecule is [C-]#[N+]C(c1cccc(C)c1)C(O)CC#C. The van der Waals surface area contributed by atoms with Crippen molar-refractivity contribution >= 4 is 0 Å². The Morgan fingerprint density at radius 2 is 2.33 bits per heavy atom. The largest absolute Gasteiger partial charge is 0.384 e. The van der Waals surface area contributed by atoms with Gasteiger partial charge in [-0.15, -0.1) is 12.3 Å². The smallest absolute Gasteiger partial charge is 0.275 e. The van der Waals surface area contributed by atoms with Crippen molar-refractivity contribution < 1.29 is 5.11 Å². The summed E-state index contributed by atoms with van der Waals surface area (Å²) in [5, 5.41) is 9.70. The highest BCUT2D eigenvalue weighted by Crippen LogP contribution is 2.23. The van der Waals surface area contributed by atoms with E-state index >= 15 is 0 Å². The predicted molar refractivity (Wildman–Crippen MR) is 60.0 cm³/mol. The third kappa shape index (κ3) is 2.84. The van der Waals surface area contributed by atoms with Crippen molar-refractivity contribution in [1.29, 1.82) is 0 Å². The molecule has 0 saturated carbocycles. The van der Waals surface area contributed by atoms with Gasteiger partial charge in [0.25, 0.3) is 6.04 Å². The van der Waals surface area contributed by atoms with Gasteiger partial charge >= 0.3 is 0 Å². The Kier molecular flexibility index (Phi) is 3.92. The van der Waals surface area contributed by atoms with E-state index in [4.69, 9.17) is 13.0 Å². The van der Waals surface area contributed by atoms with Crippen LogP contribution in [0.5, 0.6) is 0 Å². The van der Waals surface area contributed by atoms with Gasteiger partial charge in [-0.05, 0) is 13.0 Å². The van der Waals surface area contributed by atoms with E-state index in [0.29, 0.717) is 0 Å². The fourth-order valence-electron chi connectivity index (χ4n) is 1.47. The van der Waals surface area contributed by atoms with Crippen LogP contribution in [0.2, 0.25) is 0 Å². The molecular formula is C13H13NO. The first-order valence-electron chi connectivity index (χ1n) is 4.73. The molecule has 0 radical (unpaired) electrons. The Morgan fingerprint density at radius 3 is 2.87 bits per heavy atom. The summed E-state index contributed by atoms with van der Waals surface area (Å²) in [6.07, 6.45) is 4.54. The molecule has 76 valence electrons. The number of aliphatic hydroxyl groups excluding tert-OH is 1. The van der Waals surface area contributed by atoms with Gasteiger partial charge in [0, 0.05) is 12.0 Å². The van der Waals surface area contributed by atoms with E-state index < -0.39 is 12.1 Å². The summed E-state index contributed by atoms with van der Waals surface area (Å²) in [4.78, 5) is 3.42. The molecule has 0 aliphatic carbocycles. The molecule has 0 bridgehead atoms. The highest BCUT2D eigenvalue weighted by atomic mass is 16.3. The summed E-state index contributed by atoms with van der Waals surface area (Å²) in [6, 6.07) is 7.03. The van der Waals surface area contributed by atoms with Crippen molar-refractivity contribution in [3.63, 3.8) is 0 Å². The molecular weight excluding hydrogens is 186 g/mol. The van der Waals surface area contributed by atoms with Gasteiger partial charge < -0.3 is 9.95 Å². The molecule has 1 rings (SSSR count). The van der Waals surface area contributed by atoms with E-state index in [1.54, 1.807) is 0 Å². The van der Waals surface area contributed by atoms with Crippen LogP contribution in [-0.2, 0) is 0 Å². The Hall–Kier alpha value is -1.77. The Morgan fingerprint density at radius 1 is 1.60 bits per heavy atom. The van der Waals surface area contributed by atoms with Crippen LogP contribution < -0.4 is 0 Å². The summed E-state index contributed by atoms with van der Waals surface area (Å²) < 4.78 is 0. The van der Waals surface area contributed by atoms with E-state index in [1.165, 1.54) is 0 Å². The second-order valence-electron chi connectivity index (χ2n) is 3.46. The number of aliphatic hydroxyl groups is 1. The minimum absolute atomic E-state index is 0.209. The van der Waals surface area contributed by atoms with E-state index in [2.05, 4.69) is 10.8 Å². The molecule has 2 atom stereocenters. The molecule has 0 aromatic heterocycles. The van der Waals surface area contributed by atoms with Crippen LogP contribution >= 0.6 is 0 Å². The second-order valence-corrected chi connectivity index (χ2v) is 3.46. The first-order chi connectivity index (χ1) is 7.19. The molecule has 2 unspecified atom stereocenters. The minimum Gasteiger partial charge on any atom is -0.384 e. The van der Waals surface area contributed by atoms with Crippen LogP contribution in [0.25, 0.3) is 4.85 Å². The molecule has 0 aliphatic heterocycles. The lowest BCUT2D eigenvalue weighted by Gasteiger charge is -2.11. The molecule has 1 N–H and O–H groups in total. The number of rotatable bonds is 3. The Labute approximate surface area is 90.4 Å². The van der Waals surface area contributed by atoms with E-state index in [9.17, 15) is 5.11 Å². The average molecular weight is 199 g/mol. The molecule has 1 aromatic rings. The van der Waals surface area contributed by atoms with Crippen molar-refractivity contribution in [1.82, 2.24) is 0 Å². The van der Waals surface area contributed by atoms with Crippen LogP contribution in [-0.4, -0.2) is 11.2 Å². The zero-order valence-electron chi connectivity index (χ0n) is 8.64. The van der Waals surface area contributed by atoms with Gasteiger partial charge in [0.15, 0.2) is 0 Å². The van der Waals surface area contributed by atoms with Gasteiger partial charge in [-0.25, -0.2) is 6.57 Å². The number of nitrogens with zero attached hydrogens (tertiary/aromatic N) is 1. The zero-order valence-corrected chi connectivity index (χ0v) is 8.64. The Bertz CT molecular complexity index is 411. The average Bonchev–Trinajstić information content (AvgIpc) is 2.19.